The van der Waals surface area contributed by atoms with Gasteiger partial charge in [-0.3, -0.25) is 9.36 Å². The highest BCUT2D eigenvalue weighted by Crippen LogP contribution is 2.22. The van der Waals surface area contributed by atoms with Gasteiger partial charge in [0, 0.05) is 12.3 Å². The van der Waals surface area contributed by atoms with Crippen molar-refractivity contribution in [2.75, 3.05) is 20.0 Å². The Kier molecular flexibility index (Phi) is 5.37. The molecule has 1 aliphatic rings. The lowest BCUT2D eigenvalue weighted by Gasteiger charge is -2.12. The van der Waals surface area contributed by atoms with Crippen LogP contribution >= 0.6 is 11.8 Å². The number of carbonyl (C=O) groups is 1. The van der Waals surface area contributed by atoms with Crippen LogP contribution in [0.1, 0.15) is 18.7 Å². The second-order valence-electron chi connectivity index (χ2n) is 5.36. The molecule has 0 spiro atoms. The summed E-state index contributed by atoms with van der Waals surface area (Å²) in [4.78, 5) is 12.1. The third-order valence-electron chi connectivity index (χ3n) is 3.86. The zero-order chi connectivity index (χ0) is 16.9. The Morgan fingerprint density at radius 3 is 2.83 bits per heavy atom. The predicted octanol–water partition coefficient (Wildman–Crippen LogP) is 1.79. The summed E-state index contributed by atoms with van der Waals surface area (Å²) >= 11 is 1.50. The molecule has 7 nitrogen and oxygen atoms in total. The van der Waals surface area contributed by atoms with Crippen LogP contribution < -0.4 is 10.1 Å². The Bertz CT molecular complexity index is 696. The smallest absolute Gasteiger partial charge is 0.249 e. The first-order chi connectivity index (χ1) is 11.7. The summed E-state index contributed by atoms with van der Waals surface area (Å²) in [5, 5.41) is 12.1. The molecule has 128 valence electrons. The number of benzene rings is 1. The molecule has 0 radical (unpaired) electrons. The van der Waals surface area contributed by atoms with E-state index in [9.17, 15) is 4.79 Å². The van der Waals surface area contributed by atoms with E-state index in [2.05, 4.69) is 15.5 Å². The second kappa shape index (κ2) is 7.67. The van der Waals surface area contributed by atoms with E-state index in [1.165, 1.54) is 11.8 Å². The van der Waals surface area contributed by atoms with E-state index in [-0.39, 0.29) is 12.0 Å². The molecule has 0 aliphatic carbocycles. The van der Waals surface area contributed by atoms with Crippen molar-refractivity contribution in [3.63, 3.8) is 0 Å². The summed E-state index contributed by atoms with van der Waals surface area (Å²) in [5.74, 6) is 1.36. The zero-order valence-corrected chi connectivity index (χ0v) is 14.5. The second-order valence-corrected chi connectivity index (χ2v) is 6.13. The molecule has 0 saturated carbocycles. The normalized spacial score (nSPS) is 17.0. The van der Waals surface area contributed by atoms with Crippen LogP contribution in [0.15, 0.2) is 29.4 Å². The highest BCUT2D eigenvalue weighted by molar-refractivity contribution is 7.98. The Labute approximate surface area is 144 Å². The topological polar surface area (TPSA) is 78.3 Å². The third-order valence-corrected chi connectivity index (χ3v) is 4.49. The van der Waals surface area contributed by atoms with Crippen molar-refractivity contribution in [1.82, 2.24) is 20.1 Å². The summed E-state index contributed by atoms with van der Waals surface area (Å²) in [7, 11) is 1.63. The Hall–Kier alpha value is -2.06. The van der Waals surface area contributed by atoms with Crippen LogP contribution in [0.25, 0.3) is 5.69 Å². The van der Waals surface area contributed by atoms with Gasteiger partial charge in [0.1, 0.15) is 11.9 Å². The maximum Gasteiger partial charge on any atom is 0.249 e. The number of carbonyl (C=O) groups excluding carboxylic acids is 1. The molecular weight excluding hydrogens is 328 g/mol. The van der Waals surface area contributed by atoms with Crippen molar-refractivity contribution >= 4 is 17.7 Å². The van der Waals surface area contributed by atoms with Gasteiger partial charge >= 0.3 is 0 Å². The van der Waals surface area contributed by atoms with E-state index in [0.29, 0.717) is 19.0 Å². The Balaban J connectivity index is 1.77. The molecule has 1 amide bonds. The molecule has 1 atom stereocenters. The number of rotatable bonds is 6. The summed E-state index contributed by atoms with van der Waals surface area (Å²) in [6, 6.07) is 7.64. The molecule has 2 heterocycles. The average molecular weight is 348 g/mol. The lowest BCUT2D eigenvalue weighted by molar-refractivity contribution is -0.130. The SMILES string of the molecule is COc1ccc(-n2c(CNC(=O)[C@H]3CCCO3)nnc2SC)cc1. The van der Waals surface area contributed by atoms with E-state index >= 15 is 0 Å². The molecule has 1 aromatic carbocycles. The van der Waals surface area contributed by atoms with Crippen LogP contribution in [-0.4, -0.2) is 46.7 Å². The minimum atomic E-state index is -0.345. The van der Waals surface area contributed by atoms with Crippen molar-refractivity contribution in [2.45, 2.75) is 30.6 Å². The van der Waals surface area contributed by atoms with E-state index in [4.69, 9.17) is 9.47 Å². The quantitative estimate of drug-likeness (QED) is 0.802. The molecule has 1 aromatic heterocycles. The molecule has 3 rings (SSSR count). The van der Waals surface area contributed by atoms with Crippen molar-refractivity contribution in [2.24, 2.45) is 0 Å². The van der Waals surface area contributed by atoms with Crippen LogP contribution in [0.2, 0.25) is 0 Å². The highest BCUT2D eigenvalue weighted by Gasteiger charge is 2.24. The first-order valence-electron chi connectivity index (χ1n) is 7.75. The standard InChI is InChI=1S/C16H20N4O3S/c1-22-12-7-5-11(6-8-12)20-14(18-19-16(20)24-2)10-17-15(21)13-4-3-9-23-13/h5-8,13H,3-4,9-10H2,1-2H3,(H,17,21)/t13-/m1/s1. The van der Waals surface area contributed by atoms with Gasteiger partial charge in [-0.25, -0.2) is 0 Å². The summed E-state index contributed by atoms with van der Waals surface area (Å²) in [5.41, 5.74) is 0.923. The van der Waals surface area contributed by atoms with E-state index in [1.54, 1.807) is 7.11 Å². The fourth-order valence-corrected chi connectivity index (χ4v) is 3.12. The minimum absolute atomic E-state index is 0.0949. The first-order valence-corrected chi connectivity index (χ1v) is 8.97. The number of amides is 1. The molecule has 0 bridgehead atoms. The van der Waals surface area contributed by atoms with Gasteiger partial charge in [0.2, 0.25) is 5.91 Å². The van der Waals surface area contributed by atoms with Gasteiger partial charge in [0.15, 0.2) is 11.0 Å². The number of nitrogens with zero attached hydrogens (tertiary/aromatic N) is 3. The number of aromatic nitrogens is 3. The summed E-state index contributed by atoms with van der Waals surface area (Å²) in [6.45, 7) is 0.953. The molecule has 1 aliphatic heterocycles. The lowest BCUT2D eigenvalue weighted by Crippen LogP contribution is -2.34. The van der Waals surface area contributed by atoms with Gasteiger partial charge in [-0.1, -0.05) is 11.8 Å². The molecule has 24 heavy (non-hydrogen) atoms. The largest absolute Gasteiger partial charge is 0.497 e. The fourth-order valence-electron chi connectivity index (χ4n) is 2.60. The van der Waals surface area contributed by atoms with Crippen LogP contribution in [0.3, 0.4) is 0 Å². The van der Waals surface area contributed by atoms with E-state index < -0.39 is 0 Å². The molecular formula is C16H20N4O3S. The van der Waals surface area contributed by atoms with Crippen molar-refractivity contribution in [3.8, 4) is 11.4 Å². The van der Waals surface area contributed by atoms with Crippen LogP contribution in [0.4, 0.5) is 0 Å². The molecule has 1 saturated heterocycles. The van der Waals surface area contributed by atoms with Crippen molar-refractivity contribution in [3.05, 3.63) is 30.1 Å². The maximum atomic E-state index is 12.1. The monoisotopic (exact) mass is 348 g/mol. The number of ether oxygens (including phenoxy) is 2. The van der Waals surface area contributed by atoms with Gasteiger partial charge < -0.3 is 14.8 Å². The number of nitrogens with one attached hydrogen (secondary N) is 1. The summed E-state index contributed by atoms with van der Waals surface area (Å²) < 4.78 is 12.5. The number of methoxy groups -OCH3 is 1. The van der Waals surface area contributed by atoms with Gasteiger partial charge in [-0.15, -0.1) is 10.2 Å². The fraction of sp³-hybridized carbons (Fsp3) is 0.438. The van der Waals surface area contributed by atoms with Gasteiger partial charge in [-0.05, 0) is 43.4 Å². The zero-order valence-electron chi connectivity index (χ0n) is 13.7. The summed E-state index contributed by atoms with van der Waals surface area (Å²) in [6.07, 6.45) is 3.30. The maximum absolute atomic E-state index is 12.1. The number of hydrogen-bond donors (Lipinski definition) is 1. The lowest BCUT2D eigenvalue weighted by atomic mass is 10.2. The van der Waals surface area contributed by atoms with Crippen LogP contribution in [-0.2, 0) is 16.1 Å². The van der Waals surface area contributed by atoms with Crippen LogP contribution in [0.5, 0.6) is 5.75 Å². The van der Waals surface area contributed by atoms with E-state index in [0.717, 1.165) is 29.4 Å². The van der Waals surface area contributed by atoms with E-state index in [1.807, 2.05) is 35.1 Å². The van der Waals surface area contributed by atoms with Crippen LogP contribution in [0, 0.1) is 0 Å². The first kappa shape index (κ1) is 16.8. The molecule has 1 N–H and O–H groups in total. The third kappa shape index (κ3) is 3.54. The molecule has 2 aromatic rings. The average Bonchev–Trinajstić information content (AvgIpc) is 3.29. The number of hydrogen-bond acceptors (Lipinski definition) is 6. The van der Waals surface area contributed by atoms with Gasteiger partial charge in [0.05, 0.1) is 13.7 Å². The van der Waals surface area contributed by atoms with Gasteiger partial charge in [-0.2, -0.15) is 0 Å². The Morgan fingerprint density at radius 2 is 2.21 bits per heavy atom. The van der Waals surface area contributed by atoms with Crippen molar-refractivity contribution < 1.29 is 14.3 Å². The molecule has 8 heteroatoms. The minimum Gasteiger partial charge on any atom is -0.497 e. The predicted molar refractivity (Wildman–Crippen MR) is 90.5 cm³/mol. The van der Waals surface area contributed by atoms with Gasteiger partial charge in [0.25, 0.3) is 0 Å². The molecule has 1 fully saturated rings. The number of thioether (sulfide) groups is 1. The highest BCUT2D eigenvalue weighted by atomic mass is 32.2. The molecule has 0 unspecified atom stereocenters. The Morgan fingerprint density at radius 1 is 1.42 bits per heavy atom. The van der Waals surface area contributed by atoms with Crippen molar-refractivity contribution in [1.29, 1.82) is 0 Å².